The lowest BCUT2D eigenvalue weighted by atomic mass is 9.95. The predicted octanol–water partition coefficient (Wildman–Crippen LogP) is 3.70. The van der Waals surface area contributed by atoms with Gasteiger partial charge in [0.25, 0.3) is 0 Å². The van der Waals surface area contributed by atoms with Crippen LogP contribution in [0.1, 0.15) is 37.9 Å². The number of thioether (sulfide) groups is 1. The van der Waals surface area contributed by atoms with Gasteiger partial charge in [0.15, 0.2) is 11.0 Å². The van der Waals surface area contributed by atoms with Gasteiger partial charge in [0.1, 0.15) is 12.4 Å². The molecule has 3 rings (SSSR count). The average Bonchev–Trinajstić information content (AvgIpc) is 3.00. The number of hydrogen-bond acceptors (Lipinski definition) is 5. The molecule has 1 amide bonds. The van der Waals surface area contributed by atoms with Crippen LogP contribution in [0.15, 0.2) is 33.9 Å². The Kier molecular flexibility index (Phi) is 6.96. The van der Waals surface area contributed by atoms with Crippen molar-refractivity contribution in [3.8, 4) is 5.75 Å². The minimum atomic E-state index is 0.0672. The molecule has 1 saturated carbocycles. The lowest BCUT2D eigenvalue weighted by Gasteiger charge is -2.22. The number of carbonyl (C=O) groups excluding carboxylic acids is 1. The van der Waals surface area contributed by atoms with E-state index >= 15 is 0 Å². The maximum absolute atomic E-state index is 12.1. The topological polar surface area (TPSA) is 69.0 Å². The van der Waals surface area contributed by atoms with Crippen LogP contribution in [-0.2, 0) is 18.4 Å². The second-order valence-electron chi connectivity index (χ2n) is 6.39. The average molecular weight is 439 g/mol. The zero-order chi connectivity index (χ0) is 18.4. The van der Waals surface area contributed by atoms with Gasteiger partial charge in [-0.05, 0) is 37.1 Å². The van der Waals surface area contributed by atoms with Crippen LogP contribution >= 0.6 is 27.7 Å². The summed E-state index contributed by atoms with van der Waals surface area (Å²) in [5.74, 6) is 1.92. The Balaban J connectivity index is 1.47. The van der Waals surface area contributed by atoms with E-state index < -0.39 is 0 Å². The third-order valence-corrected chi connectivity index (χ3v) is 5.96. The number of carbonyl (C=O) groups is 1. The highest BCUT2D eigenvalue weighted by molar-refractivity contribution is 9.10. The Hall–Kier alpha value is -1.54. The number of hydrogen-bond donors (Lipinski definition) is 1. The summed E-state index contributed by atoms with van der Waals surface area (Å²) >= 11 is 4.80. The summed E-state index contributed by atoms with van der Waals surface area (Å²) in [7, 11) is 1.89. The highest BCUT2D eigenvalue weighted by Gasteiger charge is 2.17. The zero-order valence-corrected chi connectivity index (χ0v) is 17.2. The van der Waals surface area contributed by atoms with Gasteiger partial charge in [-0.1, -0.05) is 47.0 Å². The van der Waals surface area contributed by atoms with Gasteiger partial charge in [0, 0.05) is 17.6 Å². The molecule has 0 unspecified atom stereocenters. The molecule has 26 heavy (non-hydrogen) atoms. The smallest absolute Gasteiger partial charge is 0.230 e. The maximum atomic E-state index is 12.1. The van der Waals surface area contributed by atoms with Crippen molar-refractivity contribution in [2.24, 2.45) is 7.05 Å². The number of aromatic nitrogens is 3. The number of nitrogens with one attached hydrogen (secondary N) is 1. The van der Waals surface area contributed by atoms with Crippen molar-refractivity contribution in [2.45, 2.75) is 49.9 Å². The first kappa shape index (κ1) is 19.2. The van der Waals surface area contributed by atoms with Gasteiger partial charge in [-0.15, -0.1) is 10.2 Å². The largest absolute Gasteiger partial charge is 0.486 e. The van der Waals surface area contributed by atoms with Crippen molar-refractivity contribution in [1.82, 2.24) is 20.1 Å². The first-order valence-corrected chi connectivity index (χ1v) is 10.6. The molecule has 0 spiro atoms. The Labute approximate surface area is 166 Å². The van der Waals surface area contributed by atoms with Crippen LogP contribution in [-0.4, -0.2) is 32.5 Å². The fourth-order valence-corrected chi connectivity index (χ4v) is 3.93. The molecule has 6 nitrogen and oxygen atoms in total. The van der Waals surface area contributed by atoms with E-state index in [0.717, 1.165) is 34.0 Å². The molecule has 2 aromatic rings. The zero-order valence-electron chi connectivity index (χ0n) is 14.8. The normalized spacial score (nSPS) is 15.0. The highest BCUT2D eigenvalue weighted by atomic mass is 79.9. The maximum Gasteiger partial charge on any atom is 0.230 e. The van der Waals surface area contributed by atoms with Gasteiger partial charge in [-0.25, -0.2) is 0 Å². The minimum Gasteiger partial charge on any atom is -0.486 e. The molecule has 0 aliphatic heterocycles. The molecule has 1 N–H and O–H groups in total. The third-order valence-electron chi connectivity index (χ3n) is 4.41. The monoisotopic (exact) mass is 438 g/mol. The first-order valence-electron chi connectivity index (χ1n) is 8.80. The van der Waals surface area contributed by atoms with Crippen molar-refractivity contribution < 1.29 is 9.53 Å². The van der Waals surface area contributed by atoms with Crippen LogP contribution < -0.4 is 10.1 Å². The number of rotatable bonds is 7. The van der Waals surface area contributed by atoms with E-state index in [1.807, 2.05) is 35.9 Å². The van der Waals surface area contributed by atoms with E-state index in [4.69, 9.17) is 4.74 Å². The van der Waals surface area contributed by atoms with Crippen LogP contribution in [0.25, 0.3) is 0 Å². The number of nitrogens with zero attached hydrogens (tertiary/aromatic N) is 3. The SMILES string of the molecule is Cn1c(COc2ccc(Br)cc2)nnc1SCC(=O)NC1CCCCC1. The molecule has 0 saturated heterocycles. The molecule has 1 aliphatic rings. The van der Waals surface area contributed by atoms with E-state index in [0.29, 0.717) is 18.4 Å². The van der Waals surface area contributed by atoms with Crippen molar-refractivity contribution >= 4 is 33.6 Å². The molecular formula is C18H23BrN4O2S. The number of halogens is 1. The second-order valence-corrected chi connectivity index (χ2v) is 8.25. The van der Waals surface area contributed by atoms with Gasteiger partial charge in [-0.2, -0.15) is 0 Å². The van der Waals surface area contributed by atoms with Crippen LogP contribution in [0.2, 0.25) is 0 Å². The molecule has 1 aliphatic carbocycles. The molecule has 1 aromatic carbocycles. The summed E-state index contributed by atoms with van der Waals surface area (Å²) in [4.78, 5) is 12.1. The van der Waals surface area contributed by atoms with Crippen molar-refractivity contribution in [3.05, 3.63) is 34.6 Å². The van der Waals surface area contributed by atoms with Crippen molar-refractivity contribution in [2.75, 3.05) is 5.75 Å². The van der Waals surface area contributed by atoms with Crippen LogP contribution in [0.3, 0.4) is 0 Å². The lowest BCUT2D eigenvalue weighted by Crippen LogP contribution is -2.37. The standard InChI is InChI=1S/C18H23BrN4O2S/c1-23-16(11-25-15-9-7-13(19)8-10-15)21-22-18(23)26-12-17(24)20-14-5-3-2-4-6-14/h7-10,14H,2-6,11-12H2,1H3,(H,20,24). The summed E-state index contributed by atoms with van der Waals surface area (Å²) < 4.78 is 8.62. The molecule has 0 bridgehead atoms. The Morgan fingerprint density at radius 2 is 2.00 bits per heavy atom. The van der Waals surface area contributed by atoms with Crippen molar-refractivity contribution in [3.63, 3.8) is 0 Å². The second kappa shape index (κ2) is 9.41. The van der Waals surface area contributed by atoms with Gasteiger partial charge in [-0.3, -0.25) is 4.79 Å². The minimum absolute atomic E-state index is 0.0672. The fourth-order valence-electron chi connectivity index (χ4n) is 2.92. The Morgan fingerprint density at radius 3 is 2.73 bits per heavy atom. The lowest BCUT2D eigenvalue weighted by molar-refractivity contribution is -0.119. The quantitative estimate of drug-likeness (QED) is 0.667. The molecule has 0 atom stereocenters. The molecule has 1 heterocycles. The summed E-state index contributed by atoms with van der Waals surface area (Å²) in [6, 6.07) is 7.99. The number of amides is 1. The van der Waals surface area contributed by atoms with Gasteiger partial charge in [0.05, 0.1) is 5.75 Å². The van der Waals surface area contributed by atoms with Crippen LogP contribution in [0, 0.1) is 0 Å². The molecule has 140 valence electrons. The molecule has 1 fully saturated rings. The van der Waals surface area contributed by atoms with Crippen LogP contribution in [0.4, 0.5) is 0 Å². The predicted molar refractivity (Wildman–Crippen MR) is 105 cm³/mol. The summed E-state index contributed by atoms with van der Waals surface area (Å²) in [6.07, 6.45) is 5.90. The summed E-state index contributed by atoms with van der Waals surface area (Å²) in [5, 5.41) is 12.2. The highest BCUT2D eigenvalue weighted by Crippen LogP contribution is 2.20. The summed E-state index contributed by atoms with van der Waals surface area (Å²) in [5.41, 5.74) is 0. The van der Waals surface area contributed by atoms with Gasteiger partial charge in [0.2, 0.25) is 5.91 Å². The molecule has 0 radical (unpaired) electrons. The van der Waals surface area contributed by atoms with Crippen LogP contribution in [0.5, 0.6) is 5.75 Å². The Bertz CT molecular complexity index is 729. The van der Waals surface area contributed by atoms with E-state index in [-0.39, 0.29) is 5.91 Å². The number of ether oxygens (including phenoxy) is 1. The Morgan fingerprint density at radius 1 is 1.27 bits per heavy atom. The van der Waals surface area contributed by atoms with E-state index in [2.05, 4.69) is 31.4 Å². The number of benzene rings is 1. The van der Waals surface area contributed by atoms with E-state index in [1.54, 1.807) is 0 Å². The van der Waals surface area contributed by atoms with Gasteiger partial charge >= 0.3 is 0 Å². The molecular weight excluding hydrogens is 416 g/mol. The fraction of sp³-hybridized carbons (Fsp3) is 0.500. The van der Waals surface area contributed by atoms with Crippen molar-refractivity contribution in [1.29, 1.82) is 0 Å². The van der Waals surface area contributed by atoms with E-state index in [1.165, 1.54) is 31.0 Å². The summed E-state index contributed by atoms with van der Waals surface area (Å²) in [6.45, 7) is 0.333. The van der Waals surface area contributed by atoms with Gasteiger partial charge < -0.3 is 14.6 Å². The molecule has 8 heteroatoms. The molecule has 1 aromatic heterocycles. The third kappa shape index (κ3) is 5.48. The first-order chi connectivity index (χ1) is 12.6. The van der Waals surface area contributed by atoms with E-state index in [9.17, 15) is 4.79 Å².